The van der Waals surface area contributed by atoms with Crippen molar-refractivity contribution in [1.29, 1.82) is 0 Å². The Balaban J connectivity index is 2.02. The standard InChI is InChI=1S/C11H15N5/c1-8-6-9-10(13-4-5-16(9)15-8)14-11(7-12)2-3-11/h4-6H,2-3,7,12H2,1H3,(H,13,14). The van der Waals surface area contributed by atoms with Crippen molar-refractivity contribution in [3.05, 3.63) is 24.2 Å². The molecule has 84 valence electrons. The van der Waals surface area contributed by atoms with Gasteiger partial charge in [-0.2, -0.15) is 5.10 Å². The van der Waals surface area contributed by atoms with Crippen LogP contribution in [0.15, 0.2) is 18.5 Å². The number of anilines is 1. The highest BCUT2D eigenvalue weighted by atomic mass is 15.2. The average Bonchev–Trinajstić information content (AvgIpc) is 2.93. The molecule has 0 unspecified atom stereocenters. The van der Waals surface area contributed by atoms with Crippen LogP contribution in [0, 0.1) is 6.92 Å². The zero-order chi connectivity index (χ0) is 11.2. The van der Waals surface area contributed by atoms with Gasteiger partial charge in [0.1, 0.15) is 5.52 Å². The molecule has 1 saturated carbocycles. The van der Waals surface area contributed by atoms with E-state index in [1.807, 2.05) is 23.7 Å². The molecular weight excluding hydrogens is 202 g/mol. The molecule has 5 nitrogen and oxygen atoms in total. The van der Waals surface area contributed by atoms with Gasteiger partial charge >= 0.3 is 0 Å². The molecule has 3 N–H and O–H groups in total. The summed E-state index contributed by atoms with van der Waals surface area (Å²) < 4.78 is 1.84. The Morgan fingerprint density at radius 2 is 2.38 bits per heavy atom. The summed E-state index contributed by atoms with van der Waals surface area (Å²) in [4.78, 5) is 4.37. The normalized spacial score (nSPS) is 17.6. The van der Waals surface area contributed by atoms with Crippen LogP contribution in [0.2, 0.25) is 0 Å². The van der Waals surface area contributed by atoms with E-state index in [-0.39, 0.29) is 5.54 Å². The summed E-state index contributed by atoms with van der Waals surface area (Å²) in [5.74, 6) is 0.881. The number of hydrogen-bond acceptors (Lipinski definition) is 4. The molecule has 0 radical (unpaired) electrons. The number of fused-ring (bicyclic) bond motifs is 1. The van der Waals surface area contributed by atoms with Crippen LogP contribution in [-0.4, -0.2) is 26.7 Å². The summed E-state index contributed by atoms with van der Waals surface area (Å²) in [5, 5.41) is 7.79. The number of rotatable bonds is 3. The van der Waals surface area contributed by atoms with Crippen LogP contribution < -0.4 is 11.1 Å². The Labute approximate surface area is 93.7 Å². The summed E-state index contributed by atoms with van der Waals surface area (Å²) in [6.45, 7) is 2.63. The van der Waals surface area contributed by atoms with Gasteiger partial charge in [-0.15, -0.1) is 0 Å². The largest absolute Gasteiger partial charge is 0.362 e. The van der Waals surface area contributed by atoms with Gasteiger partial charge in [0.25, 0.3) is 0 Å². The summed E-state index contributed by atoms with van der Waals surface area (Å²) in [7, 11) is 0. The molecule has 0 saturated heterocycles. The maximum Gasteiger partial charge on any atom is 0.152 e. The Hall–Kier alpha value is -1.62. The molecule has 0 spiro atoms. The SMILES string of the molecule is Cc1cc2c(NC3(CN)CC3)nccn2n1. The van der Waals surface area contributed by atoms with Crippen LogP contribution in [0.5, 0.6) is 0 Å². The molecule has 0 bridgehead atoms. The zero-order valence-corrected chi connectivity index (χ0v) is 9.27. The van der Waals surface area contributed by atoms with E-state index in [0.717, 1.165) is 29.9 Å². The van der Waals surface area contributed by atoms with Gasteiger partial charge in [0.15, 0.2) is 5.82 Å². The maximum absolute atomic E-state index is 5.75. The maximum atomic E-state index is 5.75. The molecule has 1 aliphatic rings. The van der Waals surface area contributed by atoms with Gasteiger partial charge in [0.05, 0.1) is 11.2 Å². The first-order valence-electron chi connectivity index (χ1n) is 5.52. The fourth-order valence-electron chi connectivity index (χ4n) is 1.92. The van der Waals surface area contributed by atoms with Crippen LogP contribution in [0.25, 0.3) is 5.52 Å². The van der Waals surface area contributed by atoms with E-state index in [2.05, 4.69) is 15.4 Å². The summed E-state index contributed by atoms with van der Waals surface area (Å²) in [6.07, 6.45) is 5.86. The van der Waals surface area contributed by atoms with Gasteiger partial charge in [-0.1, -0.05) is 0 Å². The second-order valence-electron chi connectivity index (χ2n) is 4.50. The Morgan fingerprint density at radius 1 is 1.56 bits per heavy atom. The van der Waals surface area contributed by atoms with Crippen molar-refractivity contribution in [3.63, 3.8) is 0 Å². The summed E-state index contributed by atoms with van der Waals surface area (Å²) >= 11 is 0. The second kappa shape index (κ2) is 3.18. The monoisotopic (exact) mass is 217 g/mol. The predicted molar refractivity (Wildman–Crippen MR) is 62.4 cm³/mol. The quantitative estimate of drug-likeness (QED) is 0.803. The highest BCUT2D eigenvalue weighted by Crippen LogP contribution is 2.38. The molecule has 16 heavy (non-hydrogen) atoms. The van der Waals surface area contributed by atoms with Crippen LogP contribution >= 0.6 is 0 Å². The molecule has 3 rings (SSSR count). The number of hydrogen-bond donors (Lipinski definition) is 2. The van der Waals surface area contributed by atoms with E-state index in [0.29, 0.717) is 6.54 Å². The highest BCUT2D eigenvalue weighted by Gasteiger charge is 2.41. The molecule has 1 fully saturated rings. The minimum Gasteiger partial charge on any atom is -0.362 e. The molecule has 2 heterocycles. The van der Waals surface area contributed by atoms with Crippen LogP contribution in [0.3, 0.4) is 0 Å². The van der Waals surface area contributed by atoms with Crippen LogP contribution in [0.1, 0.15) is 18.5 Å². The third kappa shape index (κ3) is 1.44. The van der Waals surface area contributed by atoms with E-state index in [4.69, 9.17) is 5.73 Å². The first-order chi connectivity index (χ1) is 7.72. The van der Waals surface area contributed by atoms with Crippen molar-refractivity contribution < 1.29 is 0 Å². The Bertz CT molecular complexity index is 526. The zero-order valence-electron chi connectivity index (χ0n) is 9.27. The molecule has 2 aromatic heterocycles. The number of nitrogens with one attached hydrogen (secondary N) is 1. The van der Waals surface area contributed by atoms with Crippen molar-refractivity contribution >= 4 is 11.3 Å². The molecule has 1 aliphatic carbocycles. The fraction of sp³-hybridized carbons (Fsp3) is 0.455. The Kier molecular flexibility index (Phi) is 1.91. The van der Waals surface area contributed by atoms with Crippen molar-refractivity contribution in [2.45, 2.75) is 25.3 Å². The van der Waals surface area contributed by atoms with Crippen LogP contribution in [0.4, 0.5) is 5.82 Å². The Morgan fingerprint density at radius 3 is 3.06 bits per heavy atom. The molecule has 5 heteroatoms. The minimum absolute atomic E-state index is 0.0764. The number of nitrogens with zero attached hydrogens (tertiary/aromatic N) is 3. The first kappa shape index (κ1) is 9.59. The molecule has 0 aromatic carbocycles. The van der Waals surface area contributed by atoms with Gasteiger partial charge in [0, 0.05) is 18.9 Å². The average molecular weight is 217 g/mol. The van der Waals surface area contributed by atoms with E-state index < -0.39 is 0 Å². The van der Waals surface area contributed by atoms with Gasteiger partial charge < -0.3 is 11.1 Å². The summed E-state index contributed by atoms with van der Waals surface area (Å²) in [5.41, 5.74) is 7.84. The number of aromatic nitrogens is 3. The third-order valence-electron chi connectivity index (χ3n) is 3.14. The van der Waals surface area contributed by atoms with E-state index in [1.165, 1.54) is 0 Å². The van der Waals surface area contributed by atoms with Crippen LogP contribution in [-0.2, 0) is 0 Å². The summed E-state index contributed by atoms with van der Waals surface area (Å²) in [6, 6.07) is 2.03. The van der Waals surface area contributed by atoms with E-state index in [1.54, 1.807) is 6.20 Å². The molecule has 2 aromatic rings. The fourth-order valence-corrected chi connectivity index (χ4v) is 1.92. The van der Waals surface area contributed by atoms with Crippen molar-refractivity contribution in [2.75, 3.05) is 11.9 Å². The van der Waals surface area contributed by atoms with E-state index in [9.17, 15) is 0 Å². The minimum atomic E-state index is 0.0764. The molecular formula is C11H15N5. The molecule has 0 atom stereocenters. The lowest BCUT2D eigenvalue weighted by Gasteiger charge is -2.15. The topological polar surface area (TPSA) is 68.2 Å². The third-order valence-corrected chi connectivity index (χ3v) is 3.14. The van der Waals surface area contributed by atoms with Crippen molar-refractivity contribution in [3.8, 4) is 0 Å². The lowest BCUT2D eigenvalue weighted by atomic mass is 10.2. The molecule has 0 aliphatic heterocycles. The smallest absolute Gasteiger partial charge is 0.152 e. The first-order valence-corrected chi connectivity index (χ1v) is 5.52. The van der Waals surface area contributed by atoms with Gasteiger partial charge in [-0.3, -0.25) is 0 Å². The predicted octanol–water partition coefficient (Wildman–Crippen LogP) is 0.941. The number of aryl methyl sites for hydroxylation is 1. The lowest BCUT2D eigenvalue weighted by molar-refractivity contribution is 0.736. The van der Waals surface area contributed by atoms with Gasteiger partial charge in [-0.25, -0.2) is 9.50 Å². The highest BCUT2D eigenvalue weighted by molar-refractivity contribution is 5.69. The lowest BCUT2D eigenvalue weighted by Crippen LogP contribution is -2.31. The van der Waals surface area contributed by atoms with Gasteiger partial charge in [0.2, 0.25) is 0 Å². The van der Waals surface area contributed by atoms with Crippen molar-refractivity contribution in [1.82, 2.24) is 14.6 Å². The van der Waals surface area contributed by atoms with E-state index >= 15 is 0 Å². The van der Waals surface area contributed by atoms with Gasteiger partial charge in [-0.05, 0) is 25.8 Å². The second-order valence-corrected chi connectivity index (χ2v) is 4.50. The molecule has 0 amide bonds. The van der Waals surface area contributed by atoms with Crippen molar-refractivity contribution in [2.24, 2.45) is 5.73 Å². The number of nitrogens with two attached hydrogens (primary N) is 1.